The minimum atomic E-state index is -3.88. The Bertz CT molecular complexity index is 1390. The monoisotopic (exact) mass is 450 g/mol. The minimum absolute atomic E-state index is 0.0630. The van der Waals surface area contributed by atoms with Crippen molar-refractivity contribution in [3.05, 3.63) is 53.6 Å². The van der Waals surface area contributed by atoms with Gasteiger partial charge in [0, 0.05) is 6.54 Å². The number of hydrogen-bond donors (Lipinski definition) is 1. The van der Waals surface area contributed by atoms with Gasteiger partial charge in [-0.05, 0) is 49.6 Å². The van der Waals surface area contributed by atoms with Crippen molar-refractivity contribution in [1.82, 2.24) is 14.5 Å². The number of para-hydroxylation sites is 2. The summed E-state index contributed by atoms with van der Waals surface area (Å²) in [7, 11) is -3.88. The largest absolute Gasteiger partial charge is 0.384 e. The first-order chi connectivity index (χ1) is 15.3. The average Bonchev–Trinajstić information content (AvgIpc) is 3.04. The minimum Gasteiger partial charge on any atom is -0.384 e. The Labute approximate surface area is 189 Å². The first-order valence-corrected chi connectivity index (χ1v) is 12.7. The van der Waals surface area contributed by atoms with E-state index in [9.17, 15) is 8.42 Å². The van der Waals surface area contributed by atoms with Crippen LogP contribution in [-0.4, -0.2) is 23.0 Å². The van der Waals surface area contributed by atoms with E-state index in [1.54, 1.807) is 13.0 Å². The highest BCUT2D eigenvalue weighted by Crippen LogP contribution is 2.36. The van der Waals surface area contributed by atoms with Crippen LogP contribution in [0.1, 0.15) is 50.2 Å². The molecule has 2 heterocycles. The van der Waals surface area contributed by atoms with E-state index in [0.29, 0.717) is 28.8 Å². The summed E-state index contributed by atoms with van der Waals surface area (Å²) in [4.78, 5) is 9.82. The zero-order valence-corrected chi connectivity index (χ0v) is 19.7. The summed E-state index contributed by atoms with van der Waals surface area (Å²) in [6.07, 6.45) is 5.49. The number of nitrogens with two attached hydrogens (primary N) is 1. The molecule has 6 nitrogen and oxygen atoms in total. The van der Waals surface area contributed by atoms with Crippen LogP contribution in [0, 0.1) is 13.8 Å². The molecular formula is C25H30N4O2S. The molecule has 0 fully saturated rings. The maximum Gasteiger partial charge on any atom is 0.212 e. The Balaban J connectivity index is 1.92. The van der Waals surface area contributed by atoms with Crippen LogP contribution in [0.5, 0.6) is 0 Å². The smallest absolute Gasteiger partial charge is 0.212 e. The lowest BCUT2D eigenvalue weighted by molar-refractivity contribution is 0.576. The maximum absolute atomic E-state index is 13.8. The molecular weight excluding hydrogens is 420 g/mol. The molecule has 7 heteroatoms. The molecule has 0 aliphatic carbocycles. The number of nitrogens with zero attached hydrogens (tertiary/aromatic N) is 3. The van der Waals surface area contributed by atoms with Crippen LogP contribution in [-0.2, 0) is 16.4 Å². The van der Waals surface area contributed by atoms with Crippen molar-refractivity contribution < 1.29 is 8.42 Å². The van der Waals surface area contributed by atoms with Gasteiger partial charge in [-0.3, -0.25) is 0 Å². The molecule has 2 aromatic heterocycles. The van der Waals surface area contributed by atoms with Crippen molar-refractivity contribution in [3.63, 3.8) is 0 Å². The molecule has 32 heavy (non-hydrogen) atoms. The summed E-state index contributed by atoms with van der Waals surface area (Å²) in [5, 5.41) is 0. The van der Waals surface area contributed by atoms with E-state index in [1.165, 1.54) is 12.8 Å². The van der Waals surface area contributed by atoms with Gasteiger partial charge in [-0.25, -0.2) is 18.4 Å². The number of rotatable bonds is 8. The molecule has 0 atom stereocenters. The van der Waals surface area contributed by atoms with Gasteiger partial charge in [0.2, 0.25) is 9.84 Å². The molecule has 0 aliphatic heterocycles. The van der Waals surface area contributed by atoms with Gasteiger partial charge in [-0.2, -0.15) is 0 Å². The number of nitrogen functional groups attached to an aromatic ring is 1. The highest BCUT2D eigenvalue weighted by molar-refractivity contribution is 7.92. The second-order valence-electron chi connectivity index (χ2n) is 8.44. The van der Waals surface area contributed by atoms with Crippen LogP contribution >= 0.6 is 0 Å². The number of fused-ring (bicyclic) bond motifs is 2. The molecule has 0 saturated carbocycles. The molecule has 4 rings (SSSR count). The van der Waals surface area contributed by atoms with Gasteiger partial charge in [-0.1, -0.05) is 56.9 Å². The van der Waals surface area contributed by atoms with Crippen molar-refractivity contribution >= 4 is 37.9 Å². The Morgan fingerprint density at radius 2 is 1.62 bits per heavy atom. The zero-order valence-electron chi connectivity index (χ0n) is 18.9. The Morgan fingerprint density at radius 3 is 2.34 bits per heavy atom. The summed E-state index contributed by atoms with van der Waals surface area (Å²) in [6, 6.07) is 12.9. The first kappa shape index (κ1) is 22.3. The van der Waals surface area contributed by atoms with Crippen LogP contribution in [0.15, 0.2) is 52.3 Å². The first-order valence-electron chi connectivity index (χ1n) is 11.2. The van der Waals surface area contributed by atoms with Gasteiger partial charge in [0.05, 0.1) is 15.9 Å². The van der Waals surface area contributed by atoms with E-state index >= 15 is 0 Å². The van der Waals surface area contributed by atoms with E-state index in [2.05, 4.69) is 6.92 Å². The van der Waals surface area contributed by atoms with Gasteiger partial charge in [0.1, 0.15) is 16.2 Å². The quantitative estimate of drug-likeness (QED) is 0.354. The highest BCUT2D eigenvalue weighted by atomic mass is 32.2. The van der Waals surface area contributed by atoms with Crippen molar-refractivity contribution in [2.75, 3.05) is 5.73 Å². The zero-order chi connectivity index (χ0) is 22.9. The normalized spacial score (nSPS) is 12.1. The predicted molar refractivity (Wildman–Crippen MR) is 130 cm³/mol. The topological polar surface area (TPSA) is 90.9 Å². The SMILES string of the molecule is CCCCCCCn1c(N)c(S(=O)(=O)c2cc(C)ccc2C)c2nc3ccccc3nc21. The number of aryl methyl sites for hydroxylation is 3. The number of aromatic nitrogens is 3. The summed E-state index contributed by atoms with van der Waals surface area (Å²) in [6.45, 7) is 6.48. The standard InChI is InChI=1S/C25H30N4O2S/c1-4-5-6-7-10-15-29-24(26)23(32(30,31)21-16-17(2)13-14-18(21)3)22-25(29)28-20-12-9-8-11-19(20)27-22/h8-9,11-14,16H,4-7,10,15,26H2,1-3H3. The Kier molecular flexibility index (Phi) is 6.20. The third-order valence-electron chi connectivity index (χ3n) is 5.93. The molecule has 0 aliphatic rings. The van der Waals surface area contributed by atoms with Crippen LogP contribution in [0.2, 0.25) is 0 Å². The summed E-state index contributed by atoms with van der Waals surface area (Å²) in [5.74, 6) is 0.215. The lowest BCUT2D eigenvalue weighted by Gasteiger charge is -2.10. The number of anilines is 1. The lowest BCUT2D eigenvalue weighted by Crippen LogP contribution is -2.09. The number of hydrogen-bond acceptors (Lipinski definition) is 5. The molecule has 2 N–H and O–H groups in total. The van der Waals surface area contributed by atoms with Crippen LogP contribution < -0.4 is 5.73 Å². The molecule has 0 radical (unpaired) electrons. The summed E-state index contributed by atoms with van der Waals surface area (Å²) in [5.41, 5.74) is 10.3. The fourth-order valence-electron chi connectivity index (χ4n) is 4.16. The molecule has 2 aromatic carbocycles. The third-order valence-corrected chi connectivity index (χ3v) is 7.89. The van der Waals surface area contributed by atoms with Gasteiger partial charge in [0.15, 0.2) is 5.65 Å². The van der Waals surface area contributed by atoms with Gasteiger partial charge in [-0.15, -0.1) is 0 Å². The van der Waals surface area contributed by atoms with Crippen molar-refractivity contribution in [2.45, 2.75) is 69.2 Å². The van der Waals surface area contributed by atoms with E-state index in [0.717, 1.165) is 30.3 Å². The maximum atomic E-state index is 13.8. The molecule has 168 valence electrons. The van der Waals surface area contributed by atoms with Crippen molar-refractivity contribution in [3.8, 4) is 0 Å². The third kappa shape index (κ3) is 3.97. The highest BCUT2D eigenvalue weighted by Gasteiger charge is 2.31. The van der Waals surface area contributed by atoms with E-state index in [1.807, 2.05) is 47.9 Å². The number of benzene rings is 2. The van der Waals surface area contributed by atoms with Crippen LogP contribution in [0.3, 0.4) is 0 Å². The van der Waals surface area contributed by atoms with Crippen LogP contribution in [0.25, 0.3) is 22.2 Å². The number of unbranched alkanes of at least 4 members (excludes halogenated alkanes) is 4. The number of sulfone groups is 1. The van der Waals surface area contributed by atoms with E-state index in [4.69, 9.17) is 15.7 Å². The Morgan fingerprint density at radius 1 is 0.938 bits per heavy atom. The Hall–Kier alpha value is -2.93. The molecule has 0 unspecified atom stereocenters. The van der Waals surface area contributed by atoms with E-state index < -0.39 is 9.84 Å². The van der Waals surface area contributed by atoms with Gasteiger partial charge < -0.3 is 10.3 Å². The van der Waals surface area contributed by atoms with Gasteiger partial charge in [0.25, 0.3) is 0 Å². The molecule has 0 amide bonds. The fraction of sp³-hybridized carbons (Fsp3) is 0.360. The van der Waals surface area contributed by atoms with Gasteiger partial charge >= 0.3 is 0 Å². The second kappa shape index (κ2) is 8.90. The summed E-state index contributed by atoms with van der Waals surface area (Å²) < 4.78 is 29.5. The lowest BCUT2D eigenvalue weighted by atomic mass is 10.1. The van der Waals surface area contributed by atoms with E-state index in [-0.39, 0.29) is 15.6 Å². The molecule has 0 spiro atoms. The second-order valence-corrected chi connectivity index (χ2v) is 10.3. The molecule has 0 saturated heterocycles. The van der Waals surface area contributed by atoms with Crippen LogP contribution in [0.4, 0.5) is 5.82 Å². The molecule has 0 bridgehead atoms. The molecule has 4 aromatic rings. The average molecular weight is 451 g/mol. The predicted octanol–water partition coefficient (Wildman–Crippen LogP) is 5.59. The van der Waals surface area contributed by atoms with Crippen molar-refractivity contribution in [1.29, 1.82) is 0 Å². The summed E-state index contributed by atoms with van der Waals surface area (Å²) >= 11 is 0. The van der Waals surface area contributed by atoms with Crippen molar-refractivity contribution in [2.24, 2.45) is 0 Å². The fourth-order valence-corrected chi connectivity index (χ4v) is 5.99.